The Morgan fingerprint density at radius 2 is 2.14 bits per heavy atom. The lowest BCUT2D eigenvalue weighted by molar-refractivity contribution is 0.681. The van der Waals surface area contributed by atoms with E-state index in [0.717, 1.165) is 0 Å². The van der Waals surface area contributed by atoms with E-state index in [4.69, 9.17) is 11.5 Å². The number of halogens is 1. The number of hydrogen-bond acceptors (Lipinski definition) is 2. The molecule has 7 heavy (non-hydrogen) atoms. The molecule has 0 aromatic heterocycles. The summed E-state index contributed by atoms with van der Waals surface area (Å²) in [5, 5.41) is 0. The fourth-order valence-corrected chi connectivity index (χ4v) is 0.403. The van der Waals surface area contributed by atoms with Crippen LogP contribution in [0.15, 0.2) is 0 Å². The first-order valence-corrected chi connectivity index (χ1v) is 3.19. The highest BCUT2D eigenvalue weighted by Gasteiger charge is 2.03. The van der Waals surface area contributed by atoms with Crippen LogP contribution >= 0.6 is 15.9 Å². The van der Waals surface area contributed by atoms with E-state index in [1.165, 1.54) is 0 Å². The maximum absolute atomic E-state index is 5.44. The van der Waals surface area contributed by atoms with Crippen LogP contribution in [0.1, 0.15) is 6.92 Å². The Hall–Kier alpha value is 0.400. The molecule has 3 heteroatoms. The van der Waals surface area contributed by atoms with Gasteiger partial charge in [0.1, 0.15) is 0 Å². The van der Waals surface area contributed by atoms with Crippen LogP contribution in [0.2, 0.25) is 0 Å². The number of rotatable bonds is 2. The highest BCUT2D eigenvalue weighted by molar-refractivity contribution is 9.09. The van der Waals surface area contributed by atoms with Gasteiger partial charge < -0.3 is 11.5 Å². The van der Waals surface area contributed by atoms with Crippen molar-refractivity contribution in [1.29, 1.82) is 0 Å². The lowest BCUT2D eigenvalue weighted by Crippen LogP contribution is -2.36. The summed E-state index contributed by atoms with van der Waals surface area (Å²) in [6.07, 6.45) is 0. The SMILES string of the molecule is CC(Br)C(N)CN. The molecule has 0 aromatic carbocycles. The minimum atomic E-state index is 0.0972. The summed E-state index contributed by atoms with van der Waals surface area (Å²) in [5.41, 5.74) is 10.7. The third kappa shape index (κ3) is 3.02. The van der Waals surface area contributed by atoms with E-state index in [0.29, 0.717) is 11.4 Å². The quantitative estimate of drug-likeness (QED) is 0.571. The van der Waals surface area contributed by atoms with E-state index in [1.54, 1.807) is 0 Å². The Labute approximate surface area is 52.4 Å². The molecule has 0 aliphatic carbocycles. The second kappa shape index (κ2) is 3.41. The zero-order chi connectivity index (χ0) is 5.86. The van der Waals surface area contributed by atoms with Crippen molar-refractivity contribution < 1.29 is 0 Å². The van der Waals surface area contributed by atoms with Crippen molar-refractivity contribution in [2.75, 3.05) is 6.54 Å². The van der Waals surface area contributed by atoms with Crippen LogP contribution in [-0.4, -0.2) is 17.4 Å². The summed E-state index contributed by atoms with van der Waals surface area (Å²) < 4.78 is 0. The first-order chi connectivity index (χ1) is 3.18. The van der Waals surface area contributed by atoms with Crippen LogP contribution < -0.4 is 11.5 Å². The predicted octanol–water partition coefficient (Wildman–Crippen LogP) is 0.0558. The molecule has 2 unspecified atom stereocenters. The van der Waals surface area contributed by atoms with E-state index in [2.05, 4.69) is 15.9 Å². The Bertz CT molecular complexity index is 47.0. The fraction of sp³-hybridized carbons (Fsp3) is 1.00. The Morgan fingerprint density at radius 1 is 1.71 bits per heavy atom. The summed E-state index contributed by atoms with van der Waals surface area (Å²) in [5.74, 6) is 0. The molecule has 0 radical (unpaired) electrons. The van der Waals surface area contributed by atoms with Gasteiger partial charge in [-0.05, 0) is 0 Å². The molecule has 0 saturated heterocycles. The molecule has 0 fully saturated rings. The first-order valence-electron chi connectivity index (χ1n) is 2.28. The molecule has 0 heterocycles. The molecular formula is C4H11BrN2. The van der Waals surface area contributed by atoms with E-state index in [1.807, 2.05) is 6.92 Å². The van der Waals surface area contributed by atoms with Crippen molar-refractivity contribution in [3.8, 4) is 0 Å². The van der Waals surface area contributed by atoms with Crippen LogP contribution in [0, 0.1) is 0 Å². The van der Waals surface area contributed by atoms with Crippen LogP contribution in [0.4, 0.5) is 0 Å². The molecule has 0 bridgehead atoms. The largest absolute Gasteiger partial charge is 0.329 e. The molecule has 0 saturated carbocycles. The highest BCUT2D eigenvalue weighted by Crippen LogP contribution is 1.98. The minimum absolute atomic E-state index is 0.0972. The molecular weight excluding hydrogens is 156 g/mol. The Kier molecular flexibility index (Phi) is 3.60. The van der Waals surface area contributed by atoms with Crippen molar-refractivity contribution >= 4 is 15.9 Å². The van der Waals surface area contributed by atoms with Crippen molar-refractivity contribution in [3.05, 3.63) is 0 Å². The van der Waals surface area contributed by atoms with Gasteiger partial charge in [0.2, 0.25) is 0 Å². The molecule has 0 rings (SSSR count). The van der Waals surface area contributed by atoms with E-state index < -0.39 is 0 Å². The normalized spacial score (nSPS) is 18.9. The van der Waals surface area contributed by atoms with Gasteiger partial charge >= 0.3 is 0 Å². The standard InChI is InChI=1S/C4H11BrN2/c1-3(5)4(7)2-6/h3-4H,2,6-7H2,1H3. The van der Waals surface area contributed by atoms with Crippen LogP contribution in [0.25, 0.3) is 0 Å². The lowest BCUT2D eigenvalue weighted by Gasteiger charge is -2.08. The van der Waals surface area contributed by atoms with E-state index in [9.17, 15) is 0 Å². The van der Waals surface area contributed by atoms with Crippen LogP contribution in [0.5, 0.6) is 0 Å². The van der Waals surface area contributed by atoms with Crippen molar-refractivity contribution in [2.45, 2.75) is 17.8 Å². The lowest BCUT2D eigenvalue weighted by atomic mass is 10.2. The highest BCUT2D eigenvalue weighted by atomic mass is 79.9. The van der Waals surface area contributed by atoms with E-state index in [-0.39, 0.29) is 6.04 Å². The molecule has 2 nitrogen and oxygen atoms in total. The topological polar surface area (TPSA) is 52.0 Å². The van der Waals surface area contributed by atoms with Gasteiger partial charge in [-0.25, -0.2) is 0 Å². The van der Waals surface area contributed by atoms with Gasteiger partial charge in [-0.3, -0.25) is 0 Å². The predicted molar refractivity (Wildman–Crippen MR) is 35.4 cm³/mol. The number of nitrogens with two attached hydrogens (primary N) is 2. The van der Waals surface area contributed by atoms with Gasteiger partial charge in [-0.2, -0.15) is 0 Å². The molecule has 44 valence electrons. The van der Waals surface area contributed by atoms with Crippen molar-refractivity contribution in [1.82, 2.24) is 0 Å². The second-order valence-electron chi connectivity index (χ2n) is 1.58. The molecule has 0 aromatic rings. The summed E-state index contributed by atoms with van der Waals surface area (Å²) in [4.78, 5) is 0.331. The molecule has 0 aliphatic rings. The van der Waals surface area contributed by atoms with Gasteiger partial charge in [-0.15, -0.1) is 0 Å². The molecule has 0 amide bonds. The van der Waals surface area contributed by atoms with Crippen LogP contribution in [0.3, 0.4) is 0 Å². The fourth-order valence-electron chi connectivity index (χ4n) is 0.188. The third-order valence-corrected chi connectivity index (χ3v) is 1.54. The Balaban J connectivity index is 3.14. The van der Waals surface area contributed by atoms with Crippen molar-refractivity contribution in [3.63, 3.8) is 0 Å². The zero-order valence-corrected chi connectivity index (χ0v) is 5.98. The van der Waals surface area contributed by atoms with Gasteiger partial charge in [0.05, 0.1) is 0 Å². The first kappa shape index (κ1) is 7.40. The summed E-state index contributed by atoms with van der Waals surface area (Å²) >= 11 is 3.29. The van der Waals surface area contributed by atoms with Gasteiger partial charge in [0.25, 0.3) is 0 Å². The number of hydrogen-bond donors (Lipinski definition) is 2. The average molecular weight is 167 g/mol. The van der Waals surface area contributed by atoms with Gasteiger partial charge in [0, 0.05) is 17.4 Å². The van der Waals surface area contributed by atoms with Crippen molar-refractivity contribution in [2.24, 2.45) is 11.5 Å². The molecule has 0 spiro atoms. The average Bonchev–Trinajstić information content (AvgIpc) is 1.65. The summed E-state index contributed by atoms with van der Waals surface area (Å²) in [7, 11) is 0. The summed E-state index contributed by atoms with van der Waals surface area (Å²) in [6, 6.07) is 0.0972. The maximum Gasteiger partial charge on any atom is 0.0287 e. The summed E-state index contributed by atoms with van der Waals surface area (Å²) in [6.45, 7) is 2.53. The zero-order valence-electron chi connectivity index (χ0n) is 4.39. The maximum atomic E-state index is 5.44. The van der Waals surface area contributed by atoms with E-state index >= 15 is 0 Å². The Morgan fingerprint density at radius 3 is 2.14 bits per heavy atom. The monoisotopic (exact) mass is 166 g/mol. The molecule has 0 aliphatic heterocycles. The smallest absolute Gasteiger partial charge is 0.0287 e. The van der Waals surface area contributed by atoms with Gasteiger partial charge in [-0.1, -0.05) is 22.9 Å². The molecule has 2 atom stereocenters. The number of alkyl halides is 1. The minimum Gasteiger partial charge on any atom is -0.329 e. The molecule has 4 N–H and O–H groups in total. The van der Waals surface area contributed by atoms with Crippen LogP contribution in [-0.2, 0) is 0 Å². The third-order valence-electron chi connectivity index (χ3n) is 0.862. The second-order valence-corrected chi connectivity index (χ2v) is 3.02. The van der Waals surface area contributed by atoms with Gasteiger partial charge in [0.15, 0.2) is 0 Å².